The summed E-state index contributed by atoms with van der Waals surface area (Å²) in [5.41, 5.74) is 0.964. The van der Waals surface area contributed by atoms with Crippen molar-refractivity contribution < 1.29 is 9.59 Å². The van der Waals surface area contributed by atoms with Crippen LogP contribution in [-0.4, -0.2) is 29.3 Å². The number of hydrogen-bond acceptors (Lipinski definition) is 3. The highest BCUT2D eigenvalue weighted by atomic mass is 16.3. The molecule has 1 fully saturated rings. The molecule has 1 unspecified atom stereocenters. The fraction of sp³-hybridized carbons (Fsp3) is 0.667. The third-order valence-electron chi connectivity index (χ3n) is 3.09. The first-order chi connectivity index (χ1) is 8.10. The van der Waals surface area contributed by atoms with Crippen molar-refractivity contribution in [2.24, 2.45) is 5.18 Å². The minimum Gasteiger partial charge on any atom is -0.327 e. The number of piperidine rings is 1. The van der Waals surface area contributed by atoms with Gasteiger partial charge in [-0.15, -0.1) is 4.91 Å². The summed E-state index contributed by atoms with van der Waals surface area (Å²) in [6.45, 7) is 4.36. The van der Waals surface area contributed by atoms with E-state index < -0.39 is 11.9 Å². The van der Waals surface area contributed by atoms with Crippen LogP contribution in [-0.2, 0) is 9.59 Å². The molecule has 2 amide bonds. The van der Waals surface area contributed by atoms with E-state index in [-0.39, 0.29) is 5.91 Å². The van der Waals surface area contributed by atoms with Gasteiger partial charge in [0.05, 0.1) is 0 Å². The van der Waals surface area contributed by atoms with Gasteiger partial charge < -0.3 is 4.90 Å². The van der Waals surface area contributed by atoms with Crippen molar-refractivity contribution in [3.8, 4) is 0 Å². The predicted octanol–water partition coefficient (Wildman–Crippen LogP) is 2.02. The number of nitroso groups, excluding NO2 is 1. The zero-order valence-electron chi connectivity index (χ0n) is 10.3. The maximum absolute atomic E-state index is 12.0. The van der Waals surface area contributed by atoms with E-state index in [2.05, 4.69) is 5.18 Å². The van der Waals surface area contributed by atoms with E-state index in [1.165, 1.54) is 11.0 Å². The third kappa shape index (κ3) is 3.47. The lowest BCUT2D eigenvalue weighted by Gasteiger charge is -2.32. The van der Waals surface area contributed by atoms with Gasteiger partial charge in [0.25, 0.3) is 0 Å². The molecular weight excluding hydrogens is 220 g/mol. The van der Waals surface area contributed by atoms with Crippen LogP contribution < -0.4 is 0 Å². The number of nitrogens with zero attached hydrogens (tertiary/aromatic N) is 2. The van der Waals surface area contributed by atoms with Gasteiger partial charge in [0, 0.05) is 17.8 Å². The topological polar surface area (TPSA) is 66.8 Å². The molecule has 0 N–H and O–H groups in total. The summed E-state index contributed by atoms with van der Waals surface area (Å²) in [5.74, 6) is -0.924. The standard InChI is InChI=1S/C12H18N2O3/c1-3-9(2)8-11(15)14-7-5-4-6-10(14)12(16)13-17/h8,10H,3-7H2,1-2H3/b9-8+. The molecule has 94 valence electrons. The lowest BCUT2D eigenvalue weighted by atomic mass is 10.0. The molecular formula is C12H18N2O3. The fourth-order valence-corrected chi connectivity index (χ4v) is 1.91. The van der Waals surface area contributed by atoms with Gasteiger partial charge in [0.15, 0.2) is 0 Å². The second-order valence-electron chi connectivity index (χ2n) is 4.32. The van der Waals surface area contributed by atoms with Crippen molar-refractivity contribution in [3.63, 3.8) is 0 Å². The van der Waals surface area contributed by atoms with Crippen LogP contribution in [0.3, 0.4) is 0 Å². The highest BCUT2D eigenvalue weighted by molar-refractivity contribution is 5.93. The van der Waals surface area contributed by atoms with Crippen LogP contribution in [0.25, 0.3) is 0 Å². The summed E-state index contributed by atoms with van der Waals surface area (Å²) >= 11 is 0. The number of allylic oxidation sites excluding steroid dienone is 1. The fourth-order valence-electron chi connectivity index (χ4n) is 1.91. The van der Waals surface area contributed by atoms with Crippen LogP contribution in [0.5, 0.6) is 0 Å². The smallest absolute Gasteiger partial charge is 0.308 e. The van der Waals surface area contributed by atoms with Gasteiger partial charge in [-0.05, 0) is 32.6 Å². The van der Waals surface area contributed by atoms with Gasteiger partial charge in [0.2, 0.25) is 5.91 Å². The van der Waals surface area contributed by atoms with Gasteiger partial charge in [-0.3, -0.25) is 9.59 Å². The lowest BCUT2D eigenvalue weighted by molar-refractivity contribution is -0.137. The van der Waals surface area contributed by atoms with Crippen molar-refractivity contribution in [1.82, 2.24) is 4.90 Å². The van der Waals surface area contributed by atoms with E-state index in [1.807, 2.05) is 13.8 Å². The Balaban J connectivity index is 2.81. The second kappa shape index (κ2) is 6.27. The average molecular weight is 238 g/mol. The van der Waals surface area contributed by atoms with Crippen molar-refractivity contribution in [2.45, 2.75) is 45.6 Å². The van der Waals surface area contributed by atoms with Gasteiger partial charge in [-0.1, -0.05) is 12.5 Å². The molecule has 5 nitrogen and oxygen atoms in total. The Morgan fingerprint density at radius 2 is 2.12 bits per heavy atom. The maximum Gasteiger partial charge on any atom is 0.308 e. The average Bonchev–Trinajstić information content (AvgIpc) is 2.37. The molecule has 1 heterocycles. The summed E-state index contributed by atoms with van der Waals surface area (Å²) in [6, 6.07) is -0.658. The lowest BCUT2D eigenvalue weighted by Crippen LogP contribution is -2.46. The minimum atomic E-state index is -0.736. The third-order valence-corrected chi connectivity index (χ3v) is 3.09. The highest BCUT2D eigenvalue weighted by Gasteiger charge is 2.31. The van der Waals surface area contributed by atoms with Crippen molar-refractivity contribution >= 4 is 11.8 Å². The summed E-state index contributed by atoms with van der Waals surface area (Å²) in [4.78, 5) is 35.1. The monoisotopic (exact) mass is 238 g/mol. The maximum atomic E-state index is 12.0. The number of rotatable bonds is 3. The van der Waals surface area contributed by atoms with Gasteiger partial charge >= 0.3 is 5.91 Å². The first kappa shape index (κ1) is 13.5. The molecule has 5 heteroatoms. The second-order valence-corrected chi connectivity index (χ2v) is 4.32. The number of carbonyl (C=O) groups excluding carboxylic acids is 2. The zero-order valence-corrected chi connectivity index (χ0v) is 10.3. The number of likely N-dealkylation sites (tertiary alicyclic amines) is 1. The molecule has 0 radical (unpaired) electrons. The van der Waals surface area contributed by atoms with Crippen molar-refractivity contribution in [3.05, 3.63) is 16.6 Å². The van der Waals surface area contributed by atoms with Crippen LogP contribution >= 0.6 is 0 Å². The van der Waals surface area contributed by atoms with E-state index in [0.29, 0.717) is 13.0 Å². The number of amides is 2. The molecule has 0 aromatic rings. The minimum absolute atomic E-state index is 0.189. The van der Waals surface area contributed by atoms with Crippen LogP contribution in [0.4, 0.5) is 0 Å². The SMILES string of the molecule is CC/C(C)=C/C(=O)N1CCCCC1C(=O)N=O. The van der Waals surface area contributed by atoms with E-state index >= 15 is 0 Å². The first-order valence-electron chi connectivity index (χ1n) is 5.95. The van der Waals surface area contributed by atoms with Gasteiger partial charge in [0.1, 0.15) is 6.04 Å². The summed E-state index contributed by atoms with van der Waals surface area (Å²) in [6.07, 6.45) is 4.59. The Hall–Kier alpha value is -1.52. The predicted molar refractivity (Wildman–Crippen MR) is 64.2 cm³/mol. The van der Waals surface area contributed by atoms with Gasteiger partial charge in [-0.25, -0.2) is 0 Å². The summed E-state index contributed by atoms with van der Waals surface area (Å²) < 4.78 is 0. The Morgan fingerprint density at radius 1 is 1.41 bits per heavy atom. The molecule has 1 aliphatic rings. The Bertz CT molecular complexity index is 350. The van der Waals surface area contributed by atoms with Crippen molar-refractivity contribution in [2.75, 3.05) is 6.54 Å². The summed E-state index contributed by atoms with van der Waals surface area (Å²) in [5, 5.41) is 2.44. The molecule has 0 aliphatic carbocycles. The summed E-state index contributed by atoms with van der Waals surface area (Å²) in [7, 11) is 0. The highest BCUT2D eigenvalue weighted by Crippen LogP contribution is 2.19. The molecule has 1 rings (SSSR count). The van der Waals surface area contributed by atoms with Crippen LogP contribution in [0.2, 0.25) is 0 Å². The molecule has 1 atom stereocenters. The molecule has 0 saturated carbocycles. The van der Waals surface area contributed by atoms with Crippen LogP contribution in [0.1, 0.15) is 39.5 Å². The molecule has 0 aromatic heterocycles. The van der Waals surface area contributed by atoms with E-state index in [9.17, 15) is 14.5 Å². The van der Waals surface area contributed by atoms with Gasteiger partial charge in [-0.2, -0.15) is 0 Å². The largest absolute Gasteiger partial charge is 0.327 e. The zero-order chi connectivity index (χ0) is 12.8. The Morgan fingerprint density at radius 3 is 2.71 bits per heavy atom. The molecule has 0 aromatic carbocycles. The molecule has 17 heavy (non-hydrogen) atoms. The molecule has 0 bridgehead atoms. The quantitative estimate of drug-likeness (QED) is 0.558. The van der Waals surface area contributed by atoms with E-state index in [1.54, 1.807) is 0 Å². The molecule has 1 saturated heterocycles. The Labute approximate surface area is 101 Å². The normalized spacial score (nSPS) is 21.2. The van der Waals surface area contributed by atoms with Crippen molar-refractivity contribution in [1.29, 1.82) is 0 Å². The number of hydrogen-bond donors (Lipinski definition) is 0. The Kier molecular flexibility index (Phi) is 5.00. The van der Waals surface area contributed by atoms with Crippen LogP contribution in [0, 0.1) is 4.91 Å². The van der Waals surface area contributed by atoms with Crippen LogP contribution in [0.15, 0.2) is 16.8 Å². The molecule has 1 aliphatic heterocycles. The van der Waals surface area contributed by atoms with E-state index in [4.69, 9.17) is 0 Å². The first-order valence-corrected chi connectivity index (χ1v) is 5.95. The molecule has 0 spiro atoms. The number of carbonyl (C=O) groups is 2. The van der Waals surface area contributed by atoms with E-state index in [0.717, 1.165) is 24.8 Å².